The normalized spacial score (nSPS) is 11.9. The summed E-state index contributed by atoms with van der Waals surface area (Å²) in [5.74, 6) is 1.34. The van der Waals surface area contributed by atoms with Gasteiger partial charge in [0.2, 0.25) is 5.91 Å². The van der Waals surface area contributed by atoms with Crippen LogP contribution in [0.2, 0.25) is 5.02 Å². The van der Waals surface area contributed by atoms with Crippen LogP contribution in [0.15, 0.2) is 60.9 Å². The Balaban J connectivity index is 1.61. The van der Waals surface area contributed by atoms with Crippen molar-refractivity contribution in [1.29, 1.82) is 0 Å². The highest BCUT2D eigenvalue weighted by Crippen LogP contribution is 2.25. The van der Waals surface area contributed by atoms with Crippen LogP contribution >= 0.6 is 11.6 Å². The number of nitrogens with one attached hydrogen (secondary N) is 1. The summed E-state index contributed by atoms with van der Waals surface area (Å²) in [5.41, 5.74) is 4.41. The average molecular weight is 464 g/mol. The van der Waals surface area contributed by atoms with E-state index in [1.165, 1.54) is 0 Å². The van der Waals surface area contributed by atoms with Crippen LogP contribution in [0.25, 0.3) is 5.69 Å². The summed E-state index contributed by atoms with van der Waals surface area (Å²) in [6.45, 7) is 3.88. The number of benzene rings is 2. The molecule has 0 aliphatic rings. The zero-order valence-corrected chi connectivity index (χ0v) is 19.8. The highest BCUT2D eigenvalue weighted by Gasteiger charge is 2.23. The van der Waals surface area contributed by atoms with Crippen molar-refractivity contribution >= 4 is 17.5 Å². The molecular formula is C25H26ClN5O2. The van der Waals surface area contributed by atoms with Crippen molar-refractivity contribution in [2.24, 2.45) is 7.05 Å². The molecule has 33 heavy (non-hydrogen) atoms. The van der Waals surface area contributed by atoms with Crippen LogP contribution in [0.3, 0.4) is 0 Å². The average Bonchev–Trinajstić information content (AvgIpc) is 3.36. The Labute approximate surface area is 198 Å². The van der Waals surface area contributed by atoms with Crippen LogP contribution in [0.1, 0.15) is 34.4 Å². The zero-order valence-electron chi connectivity index (χ0n) is 19.0. The SMILES string of the molecule is COc1cccc(C(NC(=O)Cc2c(C)nn(-c3ccc(Cl)cc3)c2C)c2nccn2C)c1. The number of halogens is 1. The van der Waals surface area contributed by atoms with E-state index in [-0.39, 0.29) is 12.3 Å². The lowest BCUT2D eigenvalue weighted by molar-refractivity contribution is -0.121. The summed E-state index contributed by atoms with van der Waals surface area (Å²) in [6, 6.07) is 14.7. The summed E-state index contributed by atoms with van der Waals surface area (Å²) in [6.07, 6.45) is 3.79. The first kappa shape index (κ1) is 22.6. The minimum Gasteiger partial charge on any atom is -0.497 e. The first-order valence-corrected chi connectivity index (χ1v) is 11.0. The van der Waals surface area contributed by atoms with E-state index in [2.05, 4.69) is 15.4 Å². The van der Waals surface area contributed by atoms with Gasteiger partial charge in [0.15, 0.2) is 0 Å². The minimum atomic E-state index is -0.417. The Morgan fingerprint density at radius 2 is 1.94 bits per heavy atom. The van der Waals surface area contributed by atoms with Crippen molar-refractivity contribution in [3.05, 3.63) is 94.3 Å². The molecule has 1 N–H and O–H groups in total. The molecule has 0 spiro atoms. The Bertz CT molecular complexity index is 1280. The largest absolute Gasteiger partial charge is 0.497 e. The van der Waals surface area contributed by atoms with E-state index in [0.29, 0.717) is 5.02 Å². The Morgan fingerprint density at radius 1 is 1.18 bits per heavy atom. The third-order valence-electron chi connectivity index (χ3n) is 5.70. The Morgan fingerprint density at radius 3 is 2.61 bits per heavy atom. The third-order valence-corrected chi connectivity index (χ3v) is 5.95. The Kier molecular flexibility index (Phi) is 6.51. The number of carbonyl (C=O) groups excluding carboxylic acids is 1. The van der Waals surface area contributed by atoms with Gasteiger partial charge in [-0.05, 0) is 55.8 Å². The topological polar surface area (TPSA) is 74.0 Å². The summed E-state index contributed by atoms with van der Waals surface area (Å²) in [7, 11) is 3.53. The maximum atomic E-state index is 13.2. The summed E-state index contributed by atoms with van der Waals surface area (Å²) >= 11 is 6.02. The second kappa shape index (κ2) is 9.50. The number of methoxy groups -OCH3 is 1. The van der Waals surface area contributed by atoms with Gasteiger partial charge in [-0.2, -0.15) is 5.10 Å². The van der Waals surface area contributed by atoms with Gasteiger partial charge in [0.25, 0.3) is 0 Å². The predicted molar refractivity (Wildman–Crippen MR) is 128 cm³/mol. The van der Waals surface area contributed by atoms with Crippen LogP contribution < -0.4 is 10.1 Å². The molecule has 1 amide bonds. The maximum Gasteiger partial charge on any atom is 0.225 e. The quantitative estimate of drug-likeness (QED) is 0.442. The highest BCUT2D eigenvalue weighted by atomic mass is 35.5. The number of hydrogen-bond donors (Lipinski definition) is 1. The summed E-state index contributed by atoms with van der Waals surface area (Å²) in [4.78, 5) is 17.7. The van der Waals surface area contributed by atoms with Crippen LogP contribution in [0.5, 0.6) is 5.75 Å². The molecule has 7 nitrogen and oxygen atoms in total. The molecular weight excluding hydrogens is 438 g/mol. The second-order valence-electron chi connectivity index (χ2n) is 7.89. The van der Waals surface area contributed by atoms with Crippen LogP contribution in [-0.4, -0.2) is 32.3 Å². The van der Waals surface area contributed by atoms with E-state index in [9.17, 15) is 4.79 Å². The fourth-order valence-corrected chi connectivity index (χ4v) is 4.04. The van der Waals surface area contributed by atoms with E-state index in [1.54, 1.807) is 13.3 Å². The number of aromatic nitrogens is 4. The number of imidazole rings is 1. The lowest BCUT2D eigenvalue weighted by atomic mass is 10.0. The first-order valence-electron chi connectivity index (χ1n) is 10.6. The standard InChI is InChI=1S/C25H26ClN5O2/c1-16-22(17(2)31(29-16)20-10-8-19(26)9-11-20)15-23(32)28-24(25-27-12-13-30(25)3)18-6-5-7-21(14-18)33-4/h5-14,24H,15H2,1-4H3,(H,28,32). The van der Waals surface area contributed by atoms with Gasteiger partial charge in [0, 0.05) is 35.7 Å². The molecule has 170 valence electrons. The molecule has 2 heterocycles. The molecule has 4 rings (SSSR count). The molecule has 0 radical (unpaired) electrons. The molecule has 1 atom stereocenters. The van der Waals surface area contributed by atoms with Crippen LogP contribution in [0, 0.1) is 13.8 Å². The monoisotopic (exact) mass is 463 g/mol. The minimum absolute atomic E-state index is 0.118. The van der Waals surface area contributed by atoms with Crippen molar-refractivity contribution in [2.75, 3.05) is 7.11 Å². The van der Waals surface area contributed by atoms with Crippen molar-refractivity contribution in [3.8, 4) is 11.4 Å². The Hall–Kier alpha value is -3.58. The highest BCUT2D eigenvalue weighted by molar-refractivity contribution is 6.30. The smallest absolute Gasteiger partial charge is 0.225 e. The van der Waals surface area contributed by atoms with E-state index < -0.39 is 6.04 Å². The van der Waals surface area contributed by atoms with Gasteiger partial charge in [0.1, 0.15) is 17.6 Å². The fraction of sp³-hybridized carbons (Fsp3) is 0.240. The number of carbonyl (C=O) groups is 1. The van der Waals surface area contributed by atoms with E-state index in [0.717, 1.165) is 39.8 Å². The van der Waals surface area contributed by atoms with Crippen molar-refractivity contribution < 1.29 is 9.53 Å². The van der Waals surface area contributed by atoms with Crippen molar-refractivity contribution in [1.82, 2.24) is 24.6 Å². The molecule has 2 aromatic carbocycles. The molecule has 8 heteroatoms. The molecule has 0 fully saturated rings. The molecule has 2 aromatic heterocycles. The first-order chi connectivity index (χ1) is 15.9. The molecule has 0 aliphatic carbocycles. The van der Waals surface area contributed by atoms with Gasteiger partial charge < -0.3 is 14.6 Å². The van der Waals surface area contributed by atoms with Gasteiger partial charge in [-0.1, -0.05) is 23.7 Å². The zero-order chi connectivity index (χ0) is 23.5. The number of nitrogens with zero attached hydrogens (tertiary/aromatic N) is 4. The molecule has 1 unspecified atom stereocenters. The molecule has 0 saturated heterocycles. The van der Waals surface area contributed by atoms with E-state index in [4.69, 9.17) is 16.3 Å². The van der Waals surface area contributed by atoms with Gasteiger partial charge in [-0.3, -0.25) is 4.79 Å². The molecule has 0 aliphatic heterocycles. The summed E-state index contributed by atoms with van der Waals surface area (Å²) in [5, 5.41) is 8.47. The van der Waals surface area contributed by atoms with Gasteiger partial charge in [-0.15, -0.1) is 0 Å². The van der Waals surface area contributed by atoms with E-state index in [1.807, 2.05) is 84.9 Å². The van der Waals surface area contributed by atoms with E-state index >= 15 is 0 Å². The van der Waals surface area contributed by atoms with Gasteiger partial charge >= 0.3 is 0 Å². The molecule has 0 saturated carbocycles. The molecule has 4 aromatic rings. The molecule has 0 bridgehead atoms. The van der Waals surface area contributed by atoms with Crippen LogP contribution in [-0.2, 0) is 18.3 Å². The number of aryl methyl sites for hydroxylation is 2. The van der Waals surface area contributed by atoms with Gasteiger partial charge in [-0.25, -0.2) is 9.67 Å². The predicted octanol–water partition coefficient (Wildman–Crippen LogP) is 4.33. The number of ether oxygens (including phenoxy) is 1. The van der Waals surface area contributed by atoms with Crippen molar-refractivity contribution in [2.45, 2.75) is 26.3 Å². The van der Waals surface area contributed by atoms with Crippen molar-refractivity contribution in [3.63, 3.8) is 0 Å². The van der Waals surface area contributed by atoms with Gasteiger partial charge in [0.05, 0.1) is 24.9 Å². The lowest BCUT2D eigenvalue weighted by Gasteiger charge is -2.20. The third kappa shape index (κ3) is 4.78. The second-order valence-corrected chi connectivity index (χ2v) is 8.32. The fourth-order valence-electron chi connectivity index (χ4n) is 3.91. The number of amides is 1. The van der Waals surface area contributed by atoms with Crippen LogP contribution in [0.4, 0.5) is 0 Å². The number of rotatable bonds is 7. The lowest BCUT2D eigenvalue weighted by Crippen LogP contribution is -2.32. The maximum absolute atomic E-state index is 13.2. The number of hydrogen-bond acceptors (Lipinski definition) is 4. The summed E-state index contributed by atoms with van der Waals surface area (Å²) < 4.78 is 9.12.